The highest BCUT2D eigenvalue weighted by Crippen LogP contribution is 2.29. The van der Waals surface area contributed by atoms with Crippen molar-refractivity contribution in [2.45, 2.75) is 0 Å². The Balaban J connectivity index is 2.29. The van der Waals surface area contributed by atoms with Crippen LogP contribution in [-0.4, -0.2) is 23.0 Å². The molecular weight excluding hydrogens is 262 g/mol. The number of nitrogens with one attached hydrogen (secondary N) is 1. The molecule has 0 saturated carbocycles. The molecule has 2 aromatic rings. The molecule has 0 spiro atoms. The predicted octanol–water partition coefficient (Wildman–Crippen LogP) is 2.95. The second-order valence-corrected chi connectivity index (χ2v) is 4.02. The Morgan fingerprint density at radius 1 is 1.12 bits per heavy atom. The number of methoxy groups -OCH3 is 2. The Hall–Kier alpha value is -1.53. The van der Waals surface area contributed by atoms with Gasteiger partial charge in [-0.1, -0.05) is 11.6 Å². The molecule has 0 amide bonds. The van der Waals surface area contributed by atoms with E-state index in [0.29, 0.717) is 22.5 Å². The van der Waals surface area contributed by atoms with Crippen LogP contribution in [0.4, 0.5) is 11.5 Å². The third kappa shape index (κ3) is 2.78. The number of ether oxygens (including phenoxy) is 2. The maximum absolute atomic E-state index is 5.85. The van der Waals surface area contributed by atoms with Crippen LogP contribution in [0.5, 0.6) is 11.5 Å². The van der Waals surface area contributed by atoms with Crippen molar-refractivity contribution in [1.82, 2.24) is 8.75 Å². The summed E-state index contributed by atoms with van der Waals surface area (Å²) in [6.45, 7) is 0. The fourth-order valence-electron chi connectivity index (χ4n) is 1.27. The van der Waals surface area contributed by atoms with E-state index in [1.165, 1.54) is 0 Å². The van der Waals surface area contributed by atoms with Crippen molar-refractivity contribution in [2.75, 3.05) is 19.5 Å². The number of rotatable bonds is 4. The van der Waals surface area contributed by atoms with Crippen LogP contribution >= 0.6 is 23.3 Å². The summed E-state index contributed by atoms with van der Waals surface area (Å²) in [5.74, 6) is 1.89. The van der Waals surface area contributed by atoms with E-state index in [0.717, 1.165) is 17.4 Å². The van der Waals surface area contributed by atoms with Gasteiger partial charge in [0.25, 0.3) is 0 Å². The molecule has 5 nitrogen and oxygen atoms in total. The van der Waals surface area contributed by atoms with Crippen molar-refractivity contribution >= 4 is 34.8 Å². The van der Waals surface area contributed by atoms with Gasteiger partial charge >= 0.3 is 0 Å². The summed E-state index contributed by atoms with van der Waals surface area (Å²) in [7, 11) is 3.19. The Morgan fingerprint density at radius 2 is 1.76 bits per heavy atom. The molecule has 1 N–H and O–H groups in total. The summed E-state index contributed by atoms with van der Waals surface area (Å²) >= 11 is 6.90. The van der Waals surface area contributed by atoms with Crippen molar-refractivity contribution < 1.29 is 9.47 Å². The van der Waals surface area contributed by atoms with E-state index in [9.17, 15) is 0 Å². The average Bonchev–Trinajstić information content (AvgIpc) is 2.74. The maximum Gasteiger partial charge on any atom is 0.187 e. The molecule has 1 aromatic carbocycles. The number of aromatic nitrogens is 2. The first-order chi connectivity index (χ1) is 8.22. The quantitative estimate of drug-likeness (QED) is 0.926. The Bertz CT molecular complexity index is 496. The zero-order valence-electron chi connectivity index (χ0n) is 9.23. The molecule has 17 heavy (non-hydrogen) atoms. The molecule has 0 unspecified atom stereocenters. The molecule has 2 rings (SSSR count). The van der Waals surface area contributed by atoms with E-state index in [1.807, 2.05) is 12.1 Å². The van der Waals surface area contributed by atoms with Crippen molar-refractivity contribution in [3.05, 3.63) is 23.4 Å². The van der Waals surface area contributed by atoms with Gasteiger partial charge in [0, 0.05) is 23.9 Å². The van der Waals surface area contributed by atoms with Gasteiger partial charge < -0.3 is 14.8 Å². The minimum absolute atomic E-state index is 0.344. The highest BCUT2D eigenvalue weighted by Gasteiger charge is 2.07. The van der Waals surface area contributed by atoms with Crippen LogP contribution < -0.4 is 14.8 Å². The number of anilines is 2. The maximum atomic E-state index is 5.85. The smallest absolute Gasteiger partial charge is 0.187 e. The topological polar surface area (TPSA) is 56.3 Å². The lowest BCUT2D eigenvalue weighted by Crippen LogP contribution is -1.94. The Labute approximate surface area is 108 Å². The average molecular weight is 272 g/mol. The van der Waals surface area contributed by atoms with Gasteiger partial charge in [-0.2, -0.15) is 8.75 Å². The van der Waals surface area contributed by atoms with Crippen LogP contribution in [0.15, 0.2) is 18.2 Å². The normalized spacial score (nSPS) is 10.1. The van der Waals surface area contributed by atoms with Gasteiger partial charge in [-0.3, -0.25) is 0 Å². The summed E-state index contributed by atoms with van der Waals surface area (Å²) < 4.78 is 18.2. The second kappa shape index (κ2) is 5.20. The van der Waals surface area contributed by atoms with Gasteiger partial charge in [0.05, 0.1) is 25.9 Å². The lowest BCUT2D eigenvalue weighted by Gasteiger charge is -2.08. The third-order valence-electron chi connectivity index (χ3n) is 2.06. The van der Waals surface area contributed by atoms with Gasteiger partial charge in [0.15, 0.2) is 11.0 Å². The van der Waals surface area contributed by atoms with Gasteiger partial charge in [-0.05, 0) is 0 Å². The summed E-state index contributed by atoms with van der Waals surface area (Å²) in [4.78, 5) is 0. The van der Waals surface area contributed by atoms with Crippen LogP contribution in [0.1, 0.15) is 0 Å². The van der Waals surface area contributed by atoms with Crippen molar-refractivity contribution in [3.63, 3.8) is 0 Å². The van der Waals surface area contributed by atoms with E-state index in [4.69, 9.17) is 21.1 Å². The number of hydrogen-bond acceptors (Lipinski definition) is 6. The zero-order chi connectivity index (χ0) is 12.3. The molecule has 0 fully saturated rings. The second-order valence-electron chi connectivity index (χ2n) is 3.13. The SMILES string of the molecule is COc1cc(Nc2nsnc2Cl)cc(OC)c1. The summed E-state index contributed by atoms with van der Waals surface area (Å²) in [5, 5.41) is 3.39. The Kier molecular flexibility index (Phi) is 3.65. The molecule has 0 radical (unpaired) electrons. The molecule has 1 aromatic heterocycles. The third-order valence-corrected chi connectivity index (χ3v) is 2.95. The molecular formula is C10H10ClN3O2S. The molecule has 0 bridgehead atoms. The van der Waals surface area contributed by atoms with Crippen LogP contribution in [0.2, 0.25) is 5.15 Å². The van der Waals surface area contributed by atoms with Gasteiger partial charge in [0.2, 0.25) is 0 Å². The van der Waals surface area contributed by atoms with Gasteiger partial charge in [-0.25, -0.2) is 0 Å². The number of benzene rings is 1. The first-order valence-corrected chi connectivity index (χ1v) is 5.82. The van der Waals surface area contributed by atoms with Gasteiger partial charge in [0.1, 0.15) is 11.5 Å². The van der Waals surface area contributed by atoms with E-state index in [-0.39, 0.29) is 0 Å². The number of halogens is 1. The highest BCUT2D eigenvalue weighted by molar-refractivity contribution is 6.99. The standard InChI is InChI=1S/C10H10ClN3O2S/c1-15-7-3-6(4-8(5-7)16-2)12-10-9(11)13-17-14-10/h3-5H,1-2H3,(H,12,14). The predicted molar refractivity (Wildman–Crippen MR) is 67.7 cm³/mol. The number of hydrogen-bond donors (Lipinski definition) is 1. The van der Waals surface area contributed by atoms with Crippen molar-refractivity contribution in [1.29, 1.82) is 0 Å². The highest BCUT2D eigenvalue weighted by atomic mass is 35.5. The summed E-state index contributed by atoms with van der Waals surface area (Å²) in [6, 6.07) is 5.42. The zero-order valence-corrected chi connectivity index (χ0v) is 10.8. The minimum Gasteiger partial charge on any atom is -0.497 e. The van der Waals surface area contributed by atoms with E-state index < -0.39 is 0 Å². The number of nitrogens with zero attached hydrogens (tertiary/aromatic N) is 2. The molecule has 7 heteroatoms. The lowest BCUT2D eigenvalue weighted by atomic mass is 10.3. The molecule has 0 aliphatic carbocycles. The monoisotopic (exact) mass is 271 g/mol. The fraction of sp³-hybridized carbons (Fsp3) is 0.200. The van der Waals surface area contributed by atoms with Crippen LogP contribution in [0.25, 0.3) is 0 Å². The molecule has 0 atom stereocenters. The molecule has 1 heterocycles. The summed E-state index contributed by atoms with van der Waals surface area (Å²) in [6.07, 6.45) is 0. The van der Waals surface area contributed by atoms with E-state index >= 15 is 0 Å². The Morgan fingerprint density at radius 3 is 2.24 bits per heavy atom. The first-order valence-electron chi connectivity index (χ1n) is 4.71. The van der Waals surface area contributed by atoms with E-state index in [1.54, 1.807) is 20.3 Å². The lowest BCUT2D eigenvalue weighted by molar-refractivity contribution is 0.395. The first kappa shape index (κ1) is 11.9. The van der Waals surface area contributed by atoms with Crippen LogP contribution in [0, 0.1) is 0 Å². The largest absolute Gasteiger partial charge is 0.497 e. The fourth-order valence-corrected chi connectivity index (χ4v) is 1.91. The minimum atomic E-state index is 0.344. The van der Waals surface area contributed by atoms with E-state index in [2.05, 4.69) is 14.1 Å². The molecule has 0 aliphatic heterocycles. The van der Waals surface area contributed by atoms with Crippen LogP contribution in [-0.2, 0) is 0 Å². The van der Waals surface area contributed by atoms with Gasteiger partial charge in [-0.15, -0.1) is 0 Å². The molecule has 0 aliphatic rings. The van der Waals surface area contributed by atoms with Crippen LogP contribution in [0.3, 0.4) is 0 Å². The molecule has 90 valence electrons. The molecule has 0 saturated heterocycles. The van der Waals surface area contributed by atoms with Crippen molar-refractivity contribution in [2.24, 2.45) is 0 Å². The van der Waals surface area contributed by atoms with Crippen molar-refractivity contribution in [3.8, 4) is 11.5 Å². The summed E-state index contributed by atoms with van der Waals surface area (Å²) in [5.41, 5.74) is 0.774.